The quantitative estimate of drug-likeness (QED) is 0.447. The van der Waals surface area contributed by atoms with Crippen LogP contribution in [-0.4, -0.2) is 19.0 Å². The van der Waals surface area contributed by atoms with Crippen LogP contribution in [0.1, 0.15) is 84.6 Å². The number of benzene rings is 1. The largest absolute Gasteiger partial charge is 0.497 e. The van der Waals surface area contributed by atoms with Gasteiger partial charge in [-0.25, -0.2) is 0 Å². The first-order valence-electron chi connectivity index (χ1n) is 13.2. The van der Waals surface area contributed by atoms with Crippen molar-refractivity contribution in [1.82, 2.24) is 0 Å². The zero-order chi connectivity index (χ0) is 23.4. The van der Waals surface area contributed by atoms with Crippen LogP contribution in [0.3, 0.4) is 0 Å². The van der Waals surface area contributed by atoms with E-state index in [1.165, 1.54) is 37.7 Å². The van der Waals surface area contributed by atoms with E-state index in [1.807, 2.05) is 19.1 Å². The molecule has 4 aliphatic carbocycles. The van der Waals surface area contributed by atoms with Crippen LogP contribution in [0.15, 0.2) is 35.9 Å². The van der Waals surface area contributed by atoms with Crippen LogP contribution in [0.5, 0.6) is 5.75 Å². The Morgan fingerprint density at radius 2 is 1.73 bits per heavy atom. The van der Waals surface area contributed by atoms with Gasteiger partial charge in [0.25, 0.3) is 0 Å². The molecule has 1 aromatic carbocycles. The minimum absolute atomic E-state index is 0.125. The molecule has 3 fully saturated rings. The second-order valence-electron chi connectivity index (χ2n) is 12.2. The molecule has 0 spiro atoms. The van der Waals surface area contributed by atoms with Gasteiger partial charge in [0.1, 0.15) is 11.5 Å². The molecule has 0 radical (unpaired) electrons. The summed E-state index contributed by atoms with van der Waals surface area (Å²) in [7, 11) is 1.70. The monoisotopic (exact) mass is 450 g/mol. The molecule has 1 aromatic rings. The number of hydrogen-bond acceptors (Lipinski definition) is 3. The van der Waals surface area contributed by atoms with E-state index >= 15 is 0 Å². The highest BCUT2D eigenvalue weighted by Gasteiger charge is 2.63. The van der Waals surface area contributed by atoms with Crippen molar-refractivity contribution in [2.24, 2.45) is 34.0 Å². The maximum atomic E-state index is 12.7. The molecule has 3 heteroatoms. The first kappa shape index (κ1) is 23.1. The number of hydrogen-bond donors (Lipinski definition) is 0. The molecule has 3 saturated carbocycles. The summed E-state index contributed by atoms with van der Waals surface area (Å²) < 4.78 is 11.7. The molecule has 0 saturated heterocycles. The highest BCUT2D eigenvalue weighted by molar-refractivity contribution is 5.83. The van der Waals surface area contributed by atoms with E-state index in [-0.39, 0.29) is 10.8 Å². The Labute approximate surface area is 200 Å². The number of Topliss-reactive ketones (excluding diaryl/α,β-unsaturated/α-hetero) is 1. The summed E-state index contributed by atoms with van der Waals surface area (Å²) in [6.07, 6.45) is 12.4. The van der Waals surface area contributed by atoms with Crippen LogP contribution in [0.2, 0.25) is 0 Å². The highest BCUT2D eigenvalue weighted by atomic mass is 16.5. The van der Waals surface area contributed by atoms with Crippen LogP contribution in [0.4, 0.5) is 0 Å². The van der Waals surface area contributed by atoms with Crippen molar-refractivity contribution in [2.45, 2.75) is 91.8 Å². The molecular formula is C30H42O3. The lowest BCUT2D eigenvalue weighted by Crippen LogP contribution is -2.53. The molecular weight excluding hydrogens is 408 g/mol. The number of carbonyl (C=O) groups excluding carboxylic acids is 1. The summed E-state index contributed by atoms with van der Waals surface area (Å²) in [6.45, 7) is 9.79. The fraction of sp³-hybridized carbons (Fsp3) is 0.700. The number of allylic oxidation sites excluding steroid dienone is 1. The van der Waals surface area contributed by atoms with E-state index < -0.39 is 0 Å². The van der Waals surface area contributed by atoms with Crippen LogP contribution in [0.25, 0.3) is 0 Å². The fourth-order valence-corrected chi connectivity index (χ4v) is 8.55. The summed E-state index contributed by atoms with van der Waals surface area (Å²) in [5.41, 5.74) is 3.24. The van der Waals surface area contributed by atoms with Crippen molar-refractivity contribution >= 4 is 5.78 Å². The van der Waals surface area contributed by atoms with Gasteiger partial charge in [-0.15, -0.1) is 0 Å². The summed E-state index contributed by atoms with van der Waals surface area (Å²) in [4.78, 5) is 12.7. The number of methoxy groups -OCH3 is 1. The maximum absolute atomic E-state index is 12.7. The van der Waals surface area contributed by atoms with E-state index in [4.69, 9.17) is 9.47 Å². The summed E-state index contributed by atoms with van der Waals surface area (Å²) in [5.74, 6) is 3.52. The average Bonchev–Trinajstić information content (AvgIpc) is 3.10. The van der Waals surface area contributed by atoms with E-state index in [0.29, 0.717) is 29.8 Å². The highest BCUT2D eigenvalue weighted by Crippen LogP contribution is 2.69. The molecule has 7 atom stereocenters. The lowest BCUT2D eigenvalue weighted by Gasteiger charge is -2.59. The molecule has 0 heterocycles. The van der Waals surface area contributed by atoms with Crippen molar-refractivity contribution in [2.75, 3.05) is 7.11 Å². The number of ketones is 1. The Balaban J connectivity index is 1.28. The van der Waals surface area contributed by atoms with Gasteiger partial charge in [0.05, 0.1) is 19.8 Å². The fourth-order valence-electron chi connectivity index (χ4n) is 8.55. The van der Waals surface area contributed by atoms with Crippen LogP contribution < -0.4 is 4.74 Å². The number of rotatable bonds is 5. The zero-order valence-electron chi connectivity index (χ0n) is 21.3. The normalized spacial score (nSPS) is 42.0. The smallest absolute Gasteiger partial charge is 0.136 e. The Morgan fingerprint density at radius 3 is 2.42 bits per heavy atom. The predicted octanol–water partition coefficient (Wildman–Crippen LogP) is 7.14. The van der Waals surface area contributed by atoms with Crippen LogP contribution in [-0.2, 0) is 16.1 Å². The van der Waals surface area contributed by atoms with E-state index in [9.17, 15) is 4.79 Å². The summed E-state index contributed by atoms with van der Waals surface area (Å²) in [6, 6.07) is 8.23. The molecule has 0 aliphatic heterocycles. The first-order valence-corrected chi connectivity index (χ1v) is 13.2. The van der Waals surface area contributed by atoms with Gasteiger partial charge in [-0.3, -0.25) is 4.79 Å². The Bertz CT molecular complexity index is 932. The third kappa shape index (κ3) is 3.52. The van der Waals surface area contributed by atoms with Gasteiger partial charge in [-0.05, 0) is 105 Å². The molecule has 180 valence electrons. The molecule has 0 N–H and O–H groups in total. The molecule has 4 unspecified atom stereocenters. The molecule has 5 rings (SSSR count). The first-order chi connectivity index (χ1) is 15.7. The van der Waals surface area contributed by atoms with Gasteiger partial charge < -0.3 is 9.47 Å². The van der Waals surface area contributed by atoms with Crippen LogP contribution in [0, 0.1) is 34.0 Å². The molecule has 0 amide bonds. The molecule has 4 aliphatic rings. The predicted molar refractivity (Wildman–Crippen MR) is 132 cm³/mol. The van der Waals surface area contributed by atoms with Gasteiger partial charge in [-0.1, -0.05) is 44.6 Å². The van der Waals surface area contributed by atoms with Gasteiger partial charge in [0, 0.05) is 5.41 Å². The van der Waals surface area contributed by atoms with Gasteiger partial charge >= 0.3 is 0 Å². The molecule has 3 nitrogen and oxygen atoms in total. The zero-order valence-corrected chi connectivity index (χ0v) is 21.3. The lowest BCUT2D eigenvalue weighted by molar-refractivity contribution is -0.138. The Hall–Kier alpha value is -1.61. The van der Waals surface area contributed by atoms with Crippen molar-refractivity contribution in [3.8, 4) is 5.75 Å². The lowest BCUT2D eigenvalue weighted by atomic mass is 9.45. The van der Waals surface area contributed by atoms with Crippen LogP contribution >= 0.6 is 0 Å². The van der Waals surface area contributed by atoms with Crippen molar-refractivity contribution in [3.05, 3.63) is 41.5 Å². The molecule has 0 bridgehead atoms. The van der Waals surface area contributed by atoms with Gasteiger partial charge in [0.15, 0.2) is 0 Å². The van der Waals surface area contributed by atoms with E-state index in [1.54, 1.807) is 12.7 Å². The summed E-state index contributed by atoms with van der Waals surface area (Å²) >= 11 is 0. The molecule has 0 aromatic heterocycles. The molecule has 33 heavy (non-hydrogen) atoms. The standard InChI is InChI=1S/C30H42O3/c1-20(31)29(3)16-14-27-25-11-8-22-18-24(33-19-21-6-9-23(32-5)10-7-21)12-15-28(22,2)26(25)13-17-30(27,29)4/h6-10,24-27H,11-19H2,1-5H3/t24-,25?,26?,27?,28-,29+,30?/m0/s1. The Kier molecular flexibility index (Phi) is 5.79. The van der Waals surface area contributed by atoms with Gasteiger partial charge in [0.2, 0.25) is 0 Å². The number of fused-ring (bicyclic) bond motifs is 5. The van der Waals surface area contributed by atoms with Crippen molar-refractivity contribution < 1.29 is 14.3 Å². The maximum Gasteiger partial charge on any atom is 0.136 e. The van der Waals surface area contributed by atoms with E-state index in [2.05, 4.69) is 39.0 Å². The third-order valence-electron chi connectivity index (χ3n) is 11.1. The number of carbonyl (C=O) groups is 1. The SMILES string of the molecule is COc1ccc(CO[C@H]2CC[C@@]3(C)C(=CCC4C5CC[C@](C)(C(C)=O)C5(C)CCC43)C2)cc1. The van der Waals surface area contributed by atoms with Gasteiger partial charge in [-0.2, -0.15) is 0 Å². The summed E-state index contributed by atoms with van der Waals surface area (Å²) in [5, 5.41) is 0. The minimum atomic E-state index is -0.125. The third-order valence-corrected chi connectivity index (χ3v) is 11.1. The second-order valence-corrected chi connectivity index (χ2v) is 12.2. The van der Waals surface area contributed by atoms with E-state index in [0.717, 1.165) is 36.8 Å². The topological polar surface area (TPSA) is 35.5 Å². The minimum Gasteiger partial charge on any atom is -0.497 e. The number of ether oxygens (including phenoxy) is 2. The second kappa shape index (κ2) is 8.26. The average molecular weight is 451 g/mol. The Morgan fingerprint density at radius 1 is 1.00 bits per heavy atom. The van der Waals surface area contributed by atoms with Crippen molar-refractivity contribution in [3.63, 3.8) is 0 Å². The van der Waals surface area contributed by atoms with Crippen molar-refractivity contribution in [1.29, 1.82) is 0 Å².